The summed E-state index contributed by atoms with van der Waals surface area (Å²) >= 11 is 7.52. The molecule has 0 radical (unpaired) electrons. The van der Waals surface area contributed by atoms with Gasteiger partial charge in [-0.15, -0.1) is 11.3 Å². The first-order valence-electron chi connectivity index (χ1n) is 7.75. The minimum Gasteiger partial charge on any atom is -0.455 e. The van der Waals surface area contributed by atoms with Gasteiger partial charge in [0.2, 0.25) is 0 Å². The number of carbonyl (C=O) groups excluding carboxylic acids is 2. The first kappa shape index (κ1) is 16.9. The summed E-state index contributed by atoms with van der Waals surface area (Å²) in [5, 5.41) is 2.52. The molecule has 1 aromatic heterocycles. The Hall–Kier alpha value is -1.92. The van der Waals surface area contributed by atoms with Gasteiger partial charge in [-0.25, -0.2) is 0 Å². The van der Waals surface area contributed by atoms with Gasteiger partial charge in [0, 0.05) is 16.6 Å². The summed E-state index contributed by atoms with van der Waals surface area (Å²) in [7, 11) is 0. The number of ether oxygens (including phenoxy) is 1. The highest BCUT2D eigenvalue weighted by atomic mass is 35.5. The number of nitrogens with zero attached hydrogens (tertiary/aromatic N) is 2. The molecule has 3 rings (SSSR count). The van der Waals surface area contributed by atoms with Crippen molar-refractivity contribution >= 4 is 34.8 Å². The number of amides is 1. The highest BCUT2D eigenvalue weighted by Gasteiger charge is 2.27. The molecular weight excluding hydrogens is 348 g/mol. The van der Waals surface area contributed by atoms with E-state index in [1.165, 1.54) is 11.3 Å². The molecule has 1 saturated carbocycles. The molecule has 126 valence electrons. The zero-order valence-electron chi connectivity index (χ0n) is 13.0. The number of thiazole rings is 1. The van der Waals surface area contributed by atoms with E-state index < -0.39 is 5.91 Å². The molecule has 1 heterocycles. The summed E-state index contributed by atoms with van der Waals surface area (Å²) in [6.07, 6.45) is 4.61. The highest BCUT2D eigenvalue weighted by molar-refractivity contribution is 7.07. The maximum atomic E-state index is 11.9. The van der Waals surface area contributed by atoms with E-state index in [0.717, 1.165) is 24.8 Å². The summed E-state index contributed by atoms with van der Waals surface area (Å²) in [4.78, 5) is 28.2. The molecule has 0 N–H and O–H groups in total. The summed E-state index contributed by atoms with van der Waals surface area (Å²) in [6, 6.07) is 7.54. The van der Waals surface area contributed by atoms with Crippen molar-refractivity contribution in [3.05, 3.63) is 51.2 Å². The van der Waals surface area contributed by atoms with Crippen LogP contribution in [0.15, 0.2) is 40.8 Å². The van der Waals surface area contributed by atoms with Gasteiger partial charge in [-0.2, -0.15) is 4.99 Å². The predicted molar refractivity (Wildman–Crippen MR) is 91.7 cm³/mol. The molecule has 0 atom stereocenters. The Morgan fingerprint density at radius 2 is 2.12 bits per heavy atom. The minimum atomic E-state index is -0.460. The maximum Gasteiger partial charge on any atom is 0.309 e. The second kappa shape index (κ2) is 7.77. The van der Waals surface area contributed by atoms with Crippen LogP contribution in [-0.2, 0) is 20.9 Å². The number of benzene rings is 1. The minimum absolute atomic E-state index is 0.0373. The lowest BCUT2D eigenvalue weighted by Gasteiger charge is -2.22. The van der Waals surface area contributed by atoms with E-state index in [4.69, 9.17) is 16.3 Å². The van der Waals surface area contributed by atoms with Gasteiger partial charge in [0.15, 0.2) is 11.4 Å². The Kier molecular flexibility index (Phi) is 5.48. The largest absolute Gasteiger partial charge is 0.455 e. The van der Waals surface area contributed by atoms with Crippen molar-refractivity contribution < 1.29 is 14.3 Å². The fourth-order valence-corrected chi connectivity index (χ4v) is 3.29. The molecule has 1 aliphatic carbocycles. The first-order valence-corrected chi connectivity index (χ1v) is 9.01. The van der Waals surface area contributed by atoms with E-state index in [2.05, 4.69) is 4.99 Å². The normalized spacial score (nSPS) is 15.1. The van der Waals surface area contributed by atoms with Crippen LogP contribution in [0.2, 0.25) is 5.02 Å². The van der Waals surface area contributed by atoms with Crippen molar-refractivity contribution in [3.63, 3.8) is 0 Å². The maximum absolute atomic E-state index is 11.9. The van der Waals surface area contributed by atoms with Crippen molar-refractivity contribution in [2.45, 2.75) is 25.8 Å². The van der Waals surface area contributed by atoms with Crippen molar-refractivity contribution in [3.8, 4) is 0 Å². The number of hydrogen-bond donors (Lipinski definition) is 0. The molecule has 2 aromatic rings. The van der Waals surface area contributed by atoms with E-state index in [1.807, 2.05) is 40.4 Å². The summed E-state index contributed by atoms with van der Waals surface area (Å²) in [5.41, 5.74) is 0.947. The van der Waals surface area contributed by atoms with Crippen LogP contribution in [0.25, 0.3) is 0 Å². The van der Waals surface area contributed by atoms with Crippen LogP contribution in [0.3, 0.4) is 0 Å². The van der Waals surface area contributed by atoms with Gasteiger partial charge in [-0.05, 0) is 24.5 Å². The number of aromatic nitrogens is 1. The molecule has 1 fully saturated rings. The molecule has 1 aliphatic rings. The fourth-order valence-electron chi connectivity index (χ4n) is 2.35. The van der Waals surface area contributed by atoms with Crippen LogP contribution >= 0.6 is 22.9 Å². The lowest BCUT2D eigenvalue weighted by molar-refractivity contribution is -0.154. The molecule has 7 heteroatoms. The monoisotopic (exact) mass is 364 g/mol. The molecule has 0 bridgehead atoms. The van der Waals surface area contributed by atoms with Crippen LogP contribution in [-0.4, -0.2) is 23.1 Å². The smallest absolute Gasteiger partial charge is 0.309 e. The standard InChI is InChI=1S/C17H17ClN2O3S/c18-14-7-2-1-4-13(14)10-20-8-9-24-17(20)19-15(21)11-23-16(22)12-5-3-6-12/h1-2,4,7-9,12H,3,5-6,10-11H2. The van der Waals surface area contributed by atoms with Crippen molar-refractivity contribution in [2.75, 3.05) is 6.61 Å². The van der Waals surface area contributed by atoms with Gasteiger partial charge in [0.05, 0.1) is 12.5 Å². The second-order valence-corrected chi connectivity index (χ2v) is 6.93. The first-order chi connectivity index (χ1) is 11.6. The van der Waals surface area contributed by atoms with Gasteiger partial charge in [0.25, 0.3) is 5.91 Å². The number of halogens is 1. The quantitative estimate of drug-likeness (QED) is 0.766. The number of hydrogen-bond acceptors (Lipinski definition) is 4. The Labute approximate surface area is 148 Å². The second-order valence-electron chi connectivity index (χ2n) is 5.65. The van der Waals surface area contributed by atoms with Gasteiger partial charge in [0.1, 0.15) is 0 Å². The van der Waals surface area contributed by atoms with E-state index in [0.29, 0.717) is 16.4 Å². The fraction of sp³-hybridized carbons (Fsp3) is 0.353. The average molecular weight is 365 g/mol. The number of rotatable bonds is 5. The molecule has 0 unspecified atom stereocenters. The van der Waals surface area contributed by atoms with Gasteiger partial charge in [-0.1, -0.05) is 36.2 Å². The molecule has 0 spiro atoms. The van der Waals surface area contributed by atoms with Crippen LogP contribution in [0.1, 0.15) is 24.8 Å². The Morgan fingerprint density at radius 1 is 1.33 bits per heavy atom. The van der Waals surface area contributed by atoms with Crippen molar-refractivity contribution in [1.82, 2.24) is 4.57 Å². The summed E-state index contributed by atoms with van der Waals surface area (Å²) in [6.45, 7) is 0.219. The SMILES string of the molecule is O=C(COC(=O)C1CCC1)N=c1sccn1Cc1ccccc1Cl. The Morgan fingerprint density at radius 3 is 2.83 bits per heavy atom. The summed E-state index contributed by atoms with van der Waals surface area (Å²) < 4.78 is 6.87. The molecule has 0 saturated heterocycles. The van der Waals surface area contributed by atoms with Crippen LogP contribution in [0.5, 0.6) is 0 Å². The van der Waals surface area contributed by atoms with Gasteiger partial charge < -0.3 is 9.30 Å². The zero-order valence-corrected chi connectivity index (χ0v) is 14.6. The third-order valence-corrected chi connectivity index (χ3v) is 5.12. The predicted octanol–water partition coefficient (Wildman–Crippen LogP) is 3.02. The van der Waals surface area contributed by atoms with E-state index in [1.54, 1.807) is 0 Å². The van der Waals surface area contributed by atoms with Crippen LogP contribution < -0.4 is 4.80 Å². The van der Waals surface area contributed by atoms with E-state index in [-0.39, 0.29) is 18.5 Å². The van der Waals surface area contributed by atoms with E-state index >= 15 is 0 Å². The lowest BCUT2D eigenvalue weighted by atomic mass is 9.86. The molecule has 24 heavy (non-hydrogen) atoms. The third-order valence-electron chi connectivity index (χ3n) is 3.96. The molecule has 5 nitrogen and oxygen atoms in total. The Balaban J connectivity index is 1.65. The average Bonchev–Trinajstić information content (AvgIpc) is 2.93. The van der Waals surface area contributed by atoms with Crippen molar-refractivity contribution in [2.24, 2.45) is 10.9 Å². The molecule has 0 aliphatic heterocycles. The number of carbonyl (C=O) groups is 2. The van der Waals surface area contributed by atoms with Crippen LogP contribution in [0, 0.1) is 5.92 Å². The lowest BCUT2D eigenvalue weighted by Crippen LogP contribution is -2.26. The Bertz CT molecular complexity index is 808. The van der Waals surface area contributed by atoms with Crippen LogP contribution in [0.4, 0.5) is 0 Å². The molecular formula is C17H17ClN2O3S. The molecule has 1 amide bonds. The summed E-state index contributed by atoms with van der Waals surface area (Å²) in [5.74, 6) is -0.789. The number of esters is 1. The van der Waals surface area contributed by atoms with Gasteiger partial charge >= 0.3 is 5.97 Å². The topological polar surface area (TPSA) is 60.7 Å². The van der Waals surface area contributed by atoms with E-state index in [9.17, 15) is 9.59 Å². The van der Waals surface area contributed by atoms with Crippen molar-refractivity contribution in [1.29, 1.82) is 0 Å². The molecule has 1 aromatic carbocycles. The zero-order chi connectivity index (χ0) is 16.9. The van der Waals surface area contributed by atoms with Gasteiger partial charge in [-0.3, -0.25) is 9.59 Å². The third kappa shape index (κ3) is 4.13. The highest BCUT2D eigenvalue weighted by Crippen LogP contribution is 2.27.